The lowest BCUT2D eigenvalue weighted by Gasteiger charge is -2.14. The molecule has 0 bridgehead atoms. The Kier molecular flexibility index (Phi) is 2.41. The number of hydrogen-bond donors (Lipinski definition) is 2. The van der Waals surface area contributed by atoms with Gasteiger partial charge < -0.3 is 10.1 Å². The lowest BCUT2D eigenvalue weighted by Crippen LogP contribution is -2.21. The van der Waals surface area contributed by atoms with Gasteiger partial charge in [0.15, 0.2) is 5.82 Å². The maximum atomic E-state index is 14.1. The Morgan fingerprint density at radius 2 is 2.22 bits per heavy atom. The standard InChI is InChI=1S/C11H8ClFN2O3/c12-5-3-4-1-2-14-8(4)6(7(5)13)9-10(16)15-11(17)18-9/h3,9,14H,1-2H2,(H,15,16,17). The Bertz CT molecular complexity index is 576. The number of cyclic esters (lactones) is 1. The van der Waals surface area contributed by atoms with E-state index in [1.807, 2.05) is 5.32 Å². The lowest BCUT2D eigenvalue weighted by atomic mass is 10.0. The summed E-state index contributed by atoms with van der Waals surface area (Å²) in [6, 6.07) is 1.52. The molecule has 2 aliphatic heterocycles. The van der Waals surface area contributed by atoms with Crippen molar-refractivity contribution in [2.24, 2.45) is 0 Å². The summed E-state index contributed by atoms with van der Waals surface area (Å²) in [5.41, 5.74) is 1.30. The van der Waals surface area contributed by atoms with E-state index in [-0.39, 0.29) is 10.6 Å². The van der Waals surface area contributed by atoms with Gasteiger partial charge in [-0.15, -0.1) is 0 Å². The SMILES string of the molecule is O=C1NC(=O)C(c2c(F)c(Cl)cc3c2NCC3)O1. The van der Waals surface area contributed by atoms with Crippen LogP contribution >= 0.6 is 11.6 Å². The minimum atomic E-state index is -1.28. The van der Waals surface area contributed by atoms with Crippen molar-refractivity contribution >= 4 is 29.3 Å². The van der Waals surface area contributed by atoms with E-state index in [0.717, 1.165) is 5.56 Å². The summed E-state index contributed by atoms with van der Waals surface area (Å²) in [6.45, 7) is 0.629. The molecule has 2 N–H and O–H groups in total. The molecule has 7 heteroatoms. The van der Waals surface area contributed by atoms with E-state index in [2.05, 4.69) is 5.32 Å². The molecule has 2 aliphatic rings. The number of rotatable bonds is 1. The van der Waals surface area contributed by atoms with Crippen LogP contribution in [0.5, 0.6) is 0 Å². The van der Waals surface area contributed by atoms with E-state index in [1.165, 1.54) is 6.07 Å². The maximum Gasteiger partial charge on any atom is 0.415 e. The van der Waals surface area contributed by atoms with E-state index in [0.29, 0.717) is 18.7 Å². The second kappa shape index (κ2) is 3.84. The van der Waals surface area contributed by atoms with E-state index in [4.69, 9.17) is 16.3 Å². The number of fused-ring (bicyclic) bond motifs is 1. The number of benzene rings is 1. The van der Waals surface area contributed by atoms with Crippen LogP contribution in [0.4, 0.5) is 14.9 Å². The molecule has 1 saturated heterocycles. The smallest absolute Gasteiger partial charge is 0.415 e. The highest BCUT2D eigenvalue weighted by molar-refractivity contribution is 6.31. The molecule has 3 rings (SSSR count). The summed E-state index contributed by atoms with van der Waals surface area (Å²) >= 11 is 5.79. The van der Waals surface area contributed by atoms with Crippen LogP contribution in [0.15, 0.2) is 6.07 Å². The molecule has 0 aromatic heterocycles. The second-order valence-corrected chi connectivity index (χ2v) is 4.48. The topological polar surface area (TPSA) is 67.4 Å². The Hall–Kier alpha value is -1.82. The van der Waals surface area contributed by atoms with E-state index >= 15 is 0 Å². The highest BCUT2D eigenvalue weighted by Crippen LogP contribution is 2.39. The van der Waals surface area contributed by atoms with Gasteiger partial charge >= 0.3 is 6.09 Å². The number of ether oxygens (including phenoxy) is 1. The van der Waals surface area contributed by atoms with Crippen LogP contribution < -0.4 is 10.6 Å². The van der Waals surface area contributed by atoms with Crippen molar-refractivity contribution in [3.63, 3.8) is 0 Å². The molecule has 94 valence electrons. The molecule has 1 aromatic rings. The predicted molar refractivity (Wildman–Crippen MR) is 61.0 cm³/mol. The average Bonchev–Trinajstić information content (AvgIpc) is 2.87. The third-order valence-corrected chi connectivity index (χ3v) is 3.26. The van der Waals surface area contributed by atoms with Gasteiger partial charge in [-0.05, 0) is 18.1 Å². The van der Waals surface area contributed by atoms with Crippen molar-refractivity contribution in [2.45, 2.75) is 12.5 Å². The number of alkyl carbamates (subject to hydrolysis) is 1. The van der Waals surface area contributed by atoms with Crippen LogP contribution in [0.3, 0.4) is 0 Å². The zero-order valence-electron chi connectivity index (χ0n) is 9.05. The minimum Gasteiger partial charge on any atom is -0.431 e. The van der Waals surface area contributed by atoms with Gasteiger partial charge in [0.1, 0.15) is 0 Å². The largest absolute Gasteiger partial charge is 0.431 e. The van der Waals surface area contributed by atoms with Crippen LogP contribution in [0.25, 0.3) is 0 Å². The van der Waals surface area contributed by atoms with E-state index < -0.39 is 23.9 Å². The lowest BCUT2D eigenvalue weighted by molar-refractivity contribution is -0.123. The average molecular weight is 271 g/mol. The number of hydrogen-bond acceptors (Lipinski definition) is 4. The number of halogens is 2. The Morgan fingerprint density at radius 1 is 1.44 bits per heavy atom. The Balaban J connectivity index is 2.17. The zero-order valence-corrected chi connectivity index (χ0v) is 9.81. The van der Waals surface area contributed by atoms with Gasteiger partial charge in [-0.2, -0.15) is 0 Å². The number of carbonyl (C=O) groups excluding carboxylic acids is 2. The summed E-state index contributed by atoms with van der Waals surface area (Å²) in [7, 11) is 0. The monoisotopic (exact) mass is 270 g/mol. The van der Waals surface area contributed by atoms with Gasteiger partial charge in [0.25, 0.3) is 5.91 Å². The van der Waals surface area contributed by atoms with Gasteiger partial charge in [-0.25, -0.2) is 9.18 Å². The van der Waals surface area contributed by atoms with Gasteiger partial charge in [0.05, 0.1) is 10.6 Å². The third-order valence-electron chi connectivity index (χ3n) is 2.98. The first-order valence-electron chi connectivity index (χ1n) is 5.34. The Labute approximate surface area is 106 Å². The van der Waals surface area contributed by atoms with Crippen LogP contribution in [-0.4, -0.2) is 18.5 Å². The molecule has 0 saturated carbocycles. The number of amides is 2. The first kappa shape index (κ1) is 11.3. The molecule has 18 heavy (non-hydrogen) atoms. The second-order valence-electron chi connectivity index (χ2n) is 4.07. The minimum absolute atomic E-state index is 0.00153. The maximum absolute atomic E-state index is 14.1. The molecular formula is C11H8ClFN2O3. The molecule has 0 aliphatic carbocycles. The highest BCUT2D eigenvalue weighted by atomic mass is 35.5. The first-order valence-corrected chi connectivity index (χ1v) is 5.72. The summed E-state index contributed by atoms with van der Waals surface area (Å²) in [5, 5.41) is 4.86. The van der Waals surface area contributed by atoms with Gasteiger partial charge in [0.2, 0.25) is 6.10 Å². The summed E-state index contributed by atoms with van der Waals surface area (Å²) < 4.78 is 18.8. The molecule has 2 amide bonds. The fourth-order valence-electron chi connectivity index (χ4n) is 2.22. The van der Waals surface area contributed by atoms with Crippen molar-refractivity contribution < 1.29 is 18.7 Å². The molecule has 1 atom stereocenters. The molecule has 1 unspecified atom stereocenters. The van der Waals surface area contributed by atoms with Crippen molar-refractivity contribution in [3.8, 4) is 0 Å². The van der Waals surface area contributed by atoms with Crippen LogP contribution in [0, 0.1) is 5.82 Å². The summed E-state index contributed by atoms with van der Waals surface area (Å²) in [4.78, 5) is 22.6. The highest BCUT2D eigenvalue weighted by Gasteiger charge is 2.39. The van der Waals surface area contributed by atoms with Gasteiger partial charge in [-0.3, -0.25) is 10.1 Å². The van der Waals surface area contributed by atoms with Crippen molar-refractivity contribution in [3.05, 3.63) is 28.0 Å². The molecule has 5 nitrogen and oxygen atoms in total. The quantitative estimate of drug-likeness (QED) is 0.816. The van der Waals surface area contributed by atoms with Crippen LogP contribution in [0.2, 0.25) is 5.02 Å². The molecule has 0 spiro atoms. The number of carbonyl (C=O) groups is 2. The molecule has 1 aromatic carbocycles. The normalized spacial score (nSPS) is 21.3. The Morgan fingerprint density at radius 3 is 2.89 bits per heavy atom. The summed E-state index contributed by atoms with van der Waals surface area (Å²) in [5.74, 6) is -1.42. The van der Waals surface area contributed by atoms with Crippen LogP contribution in [-0.2, 0) is 16.0 Å². The van der Waals surface area contributed by atoms with Crippen LogP contribution in [0.1, 0.15) is 17.2 Å². The first-order chi connectivity index (χ1) is 8.58. The van der Waals surface area contributed by atoms with Gasteiger partial charge in [0, 0.05) is 12.2 Å². The molecule has 2 heterocycles. The third kappa shape index (κ3) is 1.53. The molecule has 1 fully saturated rings. The summed E-state index contributed by atoms with van der Waals surface area (Å²) in [6.07, 6.45) is -1.48. The van der Waals surface area contributed by atoms with Gasteiger partial charge in [-0.1, -0.05) is 11.6 Å². The number of anilines is 1. The van der Waals surface area contributed by atoms with Crippen molar-refractivity contribution in [1.82, 2.24) is 5.32 Å². The van der Waals surface area contributed by atoms with Crippen molar-refractivity contribution in [1.29, 1.82) is 0 Å². The molecule has 0 radical (unpaired) electrons. The number of nitrogens with one attached hydrogen (secondary N) is 2. The zero-order chi connectivity index (χ0) is 12.9. The van der Waals surface area contributed by atoms with E-state index in [1.54, 1.807) is 0 Å². The van der Waals surface area contributed by atoms with Crippen molar-refractivity contribution in [2.75, 3.05) is 11.9 Å². The number of imide groups is 1. The van der Waals surface area contributed by atoms with E-state index in [9.17, 15) is 14.0 Å². The molecular weight excluding hydrogens is 263 g/mol. The fraction of sp³-hybridized carbons (Fsp3) is 0.273. The predicted octanol–water partition coefficient (Wildman–Crippen LogP) is 1.75. The fourth-order valence-corrected chi connectivity index (χ4v) is 2.45.